The topological polar surface area (TPSA) is 121 Å². The lowest BCUT2D eigenvalue weighted by Crippen LogP contribution is -2.33. The summed E-state index contributed by atoms with van der Waals surface area (Å²) in [4.78, 5) is 33.8. The number of carbonyl (C=O) groups excluding carboxylic acids is 1. The van der Waals surface area contributed by atoms with E-state index in [1.165, 1.54) is 12.1 Å². The van der Waals surface area contributed by atoms with Crippen LogP contribution in [0.1, 0.15) is 5.56 Å². The molecule has 2 rings (SSSR count). The molecule has 1 heterocycles. The predicted molar refractivity (Wildman–Crippen MR) is 82.3 cm³/mol. The molecule has 1 aliphatic heterocycles. The SMILES string of the molecule is O=C(O)CN1C(=O)C(=Cc2ccc(O)c([N+](=O)[O-])c2)SC1=S. The normalized spacial score (nSPS) is 16.4. The van der Waals surface area contributed by atoms with Crippen molar-refractivity contribution in [3.63, 3.8) is 0 Å². The van der Waals surface area contributed by atoms with E-state index < -0.39 is 34.8 Å². The zero-order valence-electron chi connectivity index (χ0n) is 10.8. The average Bonchev–Trinajstić information content (AvgIpc) is 2.68. The van der Waals surface area contributed by atoms with Gasteiger partial charge in [-0.25, -0.2) is 0 Å². The quantitative estimate of drug-likeness (QED) is 0.367. The Morgan fingerprint density at radius 2 is 2.18 bits per heavy atom. The van der Waals surface area contributed by atoms with Crippen molar-refractivity contribution in [2.45, 2.75) is 0 Å². The maximum atomic E-state index is 12.0. The number of rotatable bonds is 4. The van der Waals surface area contributed by atoms with Gasteiger partial charge in [0.05, 0.1) is 9.83 Å². The van der Waals surface area contributed by atoms with Gasteiger partial charge < -0.3 is 10.2 Å². The van der Waals surface area contributed by atoms with Crippen molar-refractivity contribution in [3.05, 3.63) is 38.8 Å². The number of benzene rings is 1. The lowest BCUT2D eigenvalue weighted by atomic mass is 10.1. The summed E-state index contributed by atoms with van der Waals surface area (Å²) < 4.78 is 0.104. The minimum absolute atomic E-state index is 0.104. The third-order valence-electron chi connectivity index (χ3n) is 2.66. The number of amides is 1. The molecule has 1 aromatic rings. The molecule has 0 radical (unpaired) electrons. The van der Waals surface area contributed by atoms with Crippen LogP contribution in [0.2, 0.25) is 0 Å². The third-order valence-corrected chi connectivity index (χ3v) is 4.04. The van der Waals surface area contributed by atoms with Crippen molar-refractivity contribution in [1.29, 1.82) is 0 Å². The van der Waals surface area contributed by atoms with E-state index in [-0.39, 0.29) is 9.23 Å². The molecule has 1 aliphatic rings. The van der Waals surface area contributed by atoms with Crippen LogP contribution in [-0.4, -0.2) is 42.8 Å². The predicted octanol–water partition coefficient (Wildman–Crippen LogP) is 1.59. The number of nitro groups is 1. The molecule has 0 aliphatic carbocycles. The smallest absolute Gasteiger partial charge is 0.323 e. The number of nitrogens with zero attached hydrogens (tertiary/aromatic N) is 2. The number of carboxylic acids is 1. The molecular formula is C12H8N2O6S2. The molecule has 8 nitrogen and oxygen atoms in total. The van der Waals surface area contributed by atoms with E-state index in [9.17, 15) is 24.8 Å². The van der Waals surface area contributed by atoms with Gasteiger partial charge in [0.15, 0.2) is 5.75 Å². The number of aromatic hydroxyl groups is 1. The maximum Gasteiger partial charge on any atom is 0.323 e. The zero-order chi connectivity index (χ0) is 16.4. The summed E-state index contributed by atoms with van der Waals surface area (Å²) in [5.41, 5.74) is -0.171. The van der Waals surface area contributed by atoms with Gasteiger partial charge >= 0.3 is 11.7 Å². The number of carboxylic acid groups (broad SMARTS) is 1. The van der Waals surface area contributed by atoms with E-state index in [1.54, 1.807) is 0 Å². The second-order valence-electron chi connectivity index (χ2n) is 4.17. The number of thioether (sulfide) groups is 1. The Morgan fingerprint density at radius 1 is 1.50 bits per heavy atom. The van der Waals surface area contributed by atoms with Crippen LogP contribution in [0.4, 0.5) is 5.69 Å². The summed E-state index contributed by atoms with van der Waals surface area (Å²) in [6, 6.07) is 3.65. The summed E-state index contributed by atoms with van der Waals surface area (Å²) in [7, 11) is 0. The number of phenols is 1. The van der Waals surface area contributed by atoms with E-state index in [0.717, 1.165) is 28.8 Å². The third kappa shape index (κ3) is 3.23. The van der Waals surface area contributed by atoms with Crippen molar-refractivity contribution >= 4 is 51.9 Å². The Kier molecular flexibility index (Phi) is 4.43. The highest BCUT2D eigenvalue weighted by Gasteiger charge is 2.33. The number of nitro benzene ring substituents is 1. The van der Waals surface area contributed by atoms with Crippen molar-refractivity contribution in [3.8, 4) is 5.75 Å². The average molecular weight is 340 g/mol. The van der Waals surface area contributed by atoms with Crippen LogP contribution in [0.3, 0.4) is 0 Å². The van der Waals surface area contributed by atoms with Gasteiger partial charge in [0, 0.05) is 6.07 Å². The standard InChI is InChI=1S/C12H8N2O6S2/c15-8-2-1-6(3-7(8)14(19)20)4-9-11(18)13(5-10(16)17)12(21)22-9/h1-4,15H,5H2,(H,16,17). The fourth-order valence-corrected chi connectivity index (χ4v) is 2.95. The summed E-state index contributed by atoms with van der Waals surface area (Å²) >= 11 is 5.84. The van der Waals surface area contributed by atoms with Gasteiger partial charge in [0.2, 0.25) is 0 Å². The van der Waals surface area contributed by atoms with Crippen LogP contribution >= 0.6 is 24.0 Å². The molecule has 0 unspecified atom stereocenters. The fourth-order valence-electron chi connectivity index (χ4n) is 1.70. The number of thiocarbonyl (C=S) groups is 1. The molecule has 0 bridgehead atoms. The second-order valence-corrected chi connectivity index (χ2v) is 5.84. The van der Waals surface area contributed by atoms with E-state index in [1.807, 2.05) is 0 Å². The summed E-state index contributed by atoms with van der Waals surface area (Å²) in [6.45, 7) is -0.544. The number of phenolic OH excluding ortho intramolecular Hbond substituents is 1. The first-order valence-corrected chi connectivity index (χ1v) is 6.96. The van der Waals surface area contributed by atoms with Crippen molar-refractivity contribution in [1.82, 2.24) is 4.90 Å². The Morgan fingerprint density at radius 3 is 2.77 bits per heavy atom. The lowest BCUT2D eigenvalue weighted by molar-refractivity contribution is -0.385. The molecule has 10 heteroatoms. The number of aliphatic carboxylic acids is 1. The minimum atomic E-state index is -1.20. The largest absolute Gasteiger partial charge is 0.502 e. The first kappa shape index (κ1) is 15.9. The van der Waals surface area contributed by atoms with E-state index in [4.69, 9.17) is 17.3 Å². The van der Waals surface area contributed by atoms with Crippen LogP contribution in [0.5, 0.6) is 5.75 Å². The van der Waals surface area contributed by atoms with Gasteiger partial charge in [-0.15, -0.1) is 0 Å². The molecule has 1 fully saturated rings. The Balaban J connectivity index is 2.33. The fraction of sp³-hybridized carbons (Fsp3) is 0.0833. The molecule has 0 aromatic heterocycles. The minimum Gasteiger partial charge on any atom is -0.502 e. The second kappa shape index (κ2) is 6.12. The Labute approximate surface area is 133 Å². The van der Waals surface area contributed by atoms with Crippen molar-refractivity contribution in [2.24, 2.45) is 0 Å². The van der Waals surface area contributed by atoms with Gasteiger partial charge in [-0.05, 0) is 17.7 Å². The van der Waals surface area contributed by atoms with E-state index in [0.29, 0.717) is 5.56 Å². The first-order chi connectivity index (χ1) is 10.3. The molecule has 1 saturated heterocycles. The Bertz CT molecular complexity index is 730. The molecule has 0 atom stereocenters. The number of carbonyl (C=O) groups is 2. The van der Waals surface area contributed by atoms with Gasteiger partial charge in [-0.2, -0.15) is 0 Å². The molecule has 1 amide bonds. The van der Waals surface area contributed by atoms with Crippen molar-refractivity contribution < 1.29 is 24.7 Å². The lowest BCUT2D eigenvalue weighted by Gasteiger charge is -2.10. The number of hydrogen-bond acceptors (Lipinski definition) is 7. The highest BCUT2D eigenvalue weighted by molar-refractivity contribution is 8.26. The molecular weight excluding hydrogens is 332 g/mol. The monoisotopic (exact) mass is 340 g/mol. The van der Waals surface area contributed by atoms with Gasteiger partial charge in [-0.3, -0.25) is 24.6 Å². The van der Waals surface area contributed by atoms with Gasteiger partial charge in [0.25, 0.3) is 5.91 Å². The van der Waals surface area contributed by atoms with Crippen LogP contribution in [-0.2, 0) is 9.59 Å². The van der Waals surface area contributed by atoms with Crippen LogP contribution < -0.4 is 0 Å². The maximum absolute atomic E-state index is 12.0. The zero-order valence-corrected chi connectivity index (χ0v) is 12.4. The van der Waals surface area contributed by atoms with Gasteiger partial charge in [0.1, 0.15) is 10.9 Å². The molecule has 2 N–H and O–H groups in total. The molecule has 0 spiro atoms. The van der Waals surface area contributed by atoms with Gasteiger partial charge in [-0.1, -0.05) is 30.0 Å². The molecule has 22 heavy (non-hydrogen) atoms. The summed E-state index contributed by atoms with van der Waals surface area (Å²) in [6.07, 6.45) is 1.35. The van der Waals surface area contributed by atoms with E-state index in [2.05, 4.69) is 0 Å². The van der Waals surface area contributed by atoms with Crippen molar-refractivity contribution in [2.75, 3.05) is 6.54 Å². The van der Waals surface area contributed by atoms with Crippen LogP contribution in [0.25, 0.3) is 6.08 Å². The van der Waals surface area contributed by atoms with Crippen LogP contribution in [0, 0.1) is 10.1 Å². The Hall–Kier alpha value is -2.46. The highest BCUT2D eigenvalue weighted by Crippen LogP contribution is 2.34. The molecule has 0 saturated carbocycles. The summed E-state index contributed by atoms with van der Waals surface area (Å²) in [5, 5.41) is 28.9. The molecule has 1 aromatic carbocycles. The highest BCUT2D eigenvalue weighted by atomic mass is 32.2. The summed E-state index contributed by atoms with van der Waals surface area (Å²) in [5.74, 6) is -2.26. The van der Waals surface area contributed by atoms with E-state index >= 15 is 0 Å². The number of hydrogen-bond donors (Lipinski definition) is 2. The van der Waals surface area contributed by atoms with Crippen LogP contribution in [0.15, 0.2) is 23.1 Å². The first-order valence-electron chi connectivity index (χ1n) is 5.74. The molecule has 114 valence electrons.